The summed E-state index contributed by atoms with van der Waals surface area (Å²) in [6.45, 7) is 10.5. The van der Waals surface area contributed by atoms with E-state index in [2.05, 4.69) is 12.2 Å². The smallest absolute Gasteiger partial charge is 0.410 e. The van der Waals surface area contributed by atoms with Crippen molar-refractivity contribution >= 4 is 6.09 Å². The summed E-state index contributed by atoms with van der Waals surface area (Å²) in [5.74, 6) is 0.480. The Labute approximate surface area is 122 Å². The molecule has 3 atom stereocenters. The zero-order chi connectivity index (χ0) is 15.0. The first-order valence-corrected chi connectivity index (χ1v) is 7.54. The molecule has 2 aliphatic heterocycles. The number of likely N-dealkylation sites (N-methyl/N-ethyl adjacent to an activating group) is 1. The van der Waals surface area contributed by atoms with Gasteiger partial charge in [-0.3, -0.25) is 0 Å². The molecule has 2 rings (SSSR count). The van der Waals surface area contributed by atoms with Gasteiger partial charge in [0.05, 0.1) is 18.2 Å². The zero-order valence-corrected chi connectivity index (χ0v) is 13.4. The van der Waals surface area contributed by atoms with E-state index >= 15 is 0 Å². The summed E-state index contributed by atoms with van der Waals surface area (Å²) in [6.07, 6.45) is 1.67. The van der Waals surface area contributed by atoms with Gasteiger partial charge in [-0.05, 0) is 46.1 Å². The van der Waals surface area contributed by atoms with Gasteiger partial charge in [-0.1, -0.05) is 6.92 Å². The van der Waals surface area contributed by atoms with E-state index in [9.17, 15) is 4.79 Å². The predicted octanol–water partition coefficient (Wildman–Crippen LogP) is 2.01. The van der Waals surface area contributed by atoms with E-state index in [1.54, 1.807) is 4.90 Å². The number of rotatable bonds is 1. The molecule has 0 unspecified atom stereocenters. The van der Waals surface area contributed by atoms with Crippen molar-refractivity contribution in [1.29, 1.82) is 0 Å². The molecule has 0 aromatic carbocycles. The zero-order valence-electron chi connectivity index (χ0n) is 13.4. The second-order valence-corrected chi connectivity index (χ2v) is 7.18. The molecule has 2 heterocycles. The number of hydrogen-bond acceptors (Lipinski definition) is 4. The van der Waals surface area contributed by atoms with E-state index in [1.807, 2.05) is 27.8 Å². The maximum atomic E-state index is 12.1. The summed E-state index contributed by atoms with van der Waals surface area (Å²) < 4.78 is 11.6. The Hall–Kier alpha value is -0.810. The number of piperidine rings is 1. The predicted molar refractivity (Wildman–Crippen MR) is 77.7 cm³/mol. The van der Waals surface area contributed by atoms with Gasteiger partial charge in [0.15, 0.2) is 0 Å². The Kier molecular flexibility index (Phi) is 4.30. The van der Waals surface area contributed by atoms with Crippen molar-refractivity contribution < 1.29 is 14.3 Å². The summed E-state index contributed by atoms with van der Waals surface area (Å²) in [4.78, 5) is 13.8. The molecule has 0 radical (unpaired) electrons. The number of ether oxygens (including phenoxy) is 2. The molecule has 0 saturated carbocycles. The van der Waals surface area contributed by atoms with Crippen molar-refractivity contribution in [3.8, 4) is 0 Å². The standard InChI is InChI=1S/C15H28N2O3/c1-11-9-16-7-6-15(11)8-12(10-19-15)17(5)13(18)20-14(2,3)4/h11-12,16H,6-10H2,1-5H3/t11-,12+,15-/m1/s1. The monoisotopic (exact) mass is 284 g/mol. The van der Waals surface area contributed by atoms with Crippen LogP contribution in [-0.2, 0) is 9.47 Å². The summed E-state index contributed by atoms with van der Waals surface area (Å²) in [7, 11) is 1.81. The van der Waals surface area contributed by atoms with Crippen molar-refractivity contribution in [3.63, 3.8) is 0 Å². The highest BCUT2D eigenvalue weighted by Crippen LogP contribution is 2.39. The highest BCUT2D eigenvalue weighted by molar-refractivity contribution is 5.68. The lowest BCUT2D eigenvalue weighted by atomic mass is 9.80. The van der Waals surface area contributed by atoms with Crippen molar-refractivity contribution in [3.05, 3.63) is 0 Å². The molecular formula is C15H28N2O3. The van der Waals surface area contributed by atoms with Crippen LogP contribution >= 0.6 is 0 Å². The van der Waals surface area contributed by atoms with Crippen molar-refractivity contribution in [2.75, 3.05) is 26.7 Å². The van der Waals surface area contributed by atoms with Gasteiger partial charge in [-0.25, -0.2) is 4.79 Å². The normalized spacial score (nSPS) is 34.2. The topological polar surface area (TPSA) is 50.8 Å². The SMILES string of the molecule is C[C@@H]1CNCC[C@@]12C[C@H](N(C)C(=O)OC(C)(C)C)CO2. The molecule has 1 amide bonds. The Morgan fingerprint density at radius 3 is 2.75 bits per heavy atom. The molecule has 0 aromatic rings. The van der Waals surface area contributed by atoms with Crippen LogP contribution < -0.4 is 5.32 Å². The molecule has 0 aliphatic carbocycles. The second kappa shape index (κ2) is 5.53. The third-order valence-corrected chi connectivity index (χ3v) is 4.45. The molecule has 2 fully saturated rings. The lowest BCUT2D eigenvalue weighted by Crippen LogP contribution is -2.49. The fourth-order valence-corrected chi connectivity index (χ4v) is 3.08. The van der Waals surface area contributed by atoms with Crippen LogP contribution in [0.25, 0.3) is 0 Å². The molecular weight excluding hydrogens is 256 g/mol. The molecule has 0 aromatic heterocycles. The Morgan fingerprint density at radius 2 is 2.15 bits per heavy atom. The Balaban J connectivity index is 1.96. The first kappa shape index (κ1) is 15.6. The number of nitrogens with zero attached hydrogens (tertiary/aromatic N) is 1. The summed E-state index contributed by atoms with van der Waals surface area (Å²) in [5.41, 5.74) is -0.517. The van der Waals surface area contributed by atoms with Gasteiger partial charge in [-0.15, -0.1) is 0 Å². The lowest BCUT2D eigenvalue weighted by Gasteiger charge is -2.39. The first-order chi connectivity index (χ1) is 9.23. The highest BCUT2D eigenvalue weighted by atomic mass is 16.6. The van der Waals surface area contributed by atoms with Crippen LogP contribution in [0.1, 0.15) is 40.5 Å². The summed E-state index contributed by atoms with van der Waals surface area (Å²) in [5, 5.41) is 3.40. The number of carbonyl (C=O) groups excluding carboxylic acids is 1. The molecule has 5 heteroatoms. The second-order valence-electron chi connectivity index (χ2n) is 7.18. The van der Waals surface area contributed by atoms with Gasteiger partial charge in [-0.2, -0.15) is 0 Å². The minimum atomic E-state index is -0.454. The van der Waals surface area contributed by atoms with Crippen LogP contribution in [0, 0.1) is 5.92 Å². The van der Waals surface area contributed by atoms with Crippen LogP contribution in [0.2, 0.25) is 0 Å². The van der Waals surface area contributed by atoms with Gasteiger partial charge in [0.1, 0.15) is 5.60 Å². The molecule has 2 aliphatic rings. The minimum Gasteiger partial charge on any atom is -0.444 e. The van der Waals surface area contributed by atoms with Crippen molar-refractivity contribution in [2.45, 2.75) is 57.8 Å². The fourth-order valence-electron chi connectivity index (χ4n) is 3.08. The van der Waals surface area contributed by atoms with Crippen LogP contribution in [0.3, 0.4) is 0 Å². The van der Waals surface area contributed by atoms with Crippen LogP contribution in [-0.4, -0.2) is 55.0 Å². The Morgan fingerprint density at radius 1 is 1.45 bits per heavy atom. The molecule has 5 nitrogen and oxygen atoms in total. The summed E-state index contributed by atoms with van der Waals surface area (Å²) >= 11 is 0. The van der Waals surface area contributed by atoms with Gasteiger partial charge in [0, 0.05) is 13.6 Å². The van der Waals surface area contributed by atoms with E-state index in [4.69, 9.17) is 9.47 Å². The third-order valence-electron chi connectivity index (χ3n) is 4.45. The first-order valence-electron chi connectivity index (χ1n) is 7.54. The minimum absolute atomic E-state index is 0.0633. The number of amides is 1. The molecule has 20 heavy (non-hydrogen) atoms. The fraction of sp³-hybridized carbons (Fsp3) is 0.933. The van der Waals surface area contributed by atoms with E-state index in [0.717, 1.165) is 25.9 Å². The van der Waals surface area contributed by atoms with Gasteiger partial charge < -0.3 is 19.7 Å². The molecule has 116 valence electrons. The van der Waals surface area contributed by atoms with Crippen molar-refractivity contribution in [1.82, 2.24) is 10.2 Å². The van der Waals surface area contributed by atoms with Gasteiger partial charge in [0.2, 0.25) is 0 Å². The molecule has 0 bridgehead atoms. The quantitative estimate of drug-likeness (QED) is 0.800. The maximum Gasteiger partial charge on any atom is 0.410 e. The largest absolute Gasteiger partial charge is 0.444 e. The van der Waals surface area contributed by atoms with Crippen LogP contribution in [0.4, 0.5) is 4.79 Å². The van der Waals surface area contributed by atoms with E-state index < -0.39 is 5.60 Å². The Bertz CT molecular complexity index is 367. The van der Waals surface area contributed by atoms with Gasteiger partial charge >= 0.3 is 6.09 Å². The van der Waals surface area contributed by atoms with E-state index in [-0.39, 0.29) is 17.7 Å². The highest BCUT2D eigenvalue weighted by Gasteiger charge is 2.47. The average Bonchev–Trinajstić information content (AvgIpc) is 2.75. The number of carbonyl (C=O) groups is 1. The summed E-state index contributed by atoms with van der Waals surface area (Å²) in [6, 6.07) is 0.116. The van der Waals surface area contributed by atoms with Crippen LogP contribution in [0.5, 0.6) is 0 Å². The maximum absolute atomic E-state index is 12.1. The third kappa shape index (κ3) is 3.26. The molecule has 1 spiro atoms. The number of nitrogens with one attached hydrogen (secondary N) is 1. The average molecular weight is 284 g/mol. The van der Waals surface area contributed by atoms with Gasteiger partial charge in [0.25, 0.3) is 0 Å². The lowest BCUT2D eigenvalue weighted by molar-refractivity contribution is -0.0564. The van der Waals surface area contributed by atoms with Crippen LogP contribution in [0.15, 0.2) is 0 Å². The number of hydrogen-bond donors (Lipinski definition) is 1. The van der Waals surface area contributed by atoms with E-state index in [1.165, 1.54) is 0 Å². The van der Waals surface area contributed by atoms with E-state index in [0.29, 0.717) is 12.5 Å². The molecule has 2 saturated heterocycles. The van der Waals surface area contributed by atoms with Crippen molar-refractivity contribution in [2.24, 2.45) is 5.92 Å². The molecule has 1 N–H and O–H groups in total.